The number of ether oxygens (including phenoxy) is 3. The number of carbonyl (C=O) groups excluding carboxylic acids is 1. The van der Waals surface area contributed by atoms with Crippen LogP contribution in [-0.2, 0) is 4.74 Å². The van der Waals surface area contributed by atoms with Crippen molar-refractivity contribution < 1.29 is 23.4 Å². The van der Waals surface area contributed by atoms with Gasteiger partial charge in [-0.15, -0.1) is 11.8 Å². The van der Waals surface area contributed by atoms with Crippen molar-refractivity contribution in [1.29, 1.82) is 0 Å². The van der Waals surface area contributed by atoms with Gasteiger partial charge in [0.25, 0.3) is 5.88 Å². The Labute approximate surface area is 196 Å². The number of amides is 1. The molecule has 2 aromatic rings. The Morgan fingerprint density at radius 2 is 2.09 bits per heavy atom. The Morgan fingerprint density at radius 1 is 1.27 bits per heavy atom. The molecule has 0 radical (unpaired) electrons. The lowest BCUT2D eigenvalue weighted by molar-refractivity contribution is 0.0314. The molecular weight excluding hydrogens is 447 g/mol. The van der Waals surface area contributed by atoms with Gasteiger partial charge in [0, 0.05) is 17.4 Å². The van der Waals surface area contributed by atoms with E-state index in [-0.39, 0.29) is 41.6 Å². The summed E-state index contributed by atoms with van der Waals surface area (Å²) in [6, 6.07) is 4.92. The molecule has 33 heavy (non-hydrogen) atoms. The Hall–Kier alpha value is -2.75. The Morgan fingerprint density at radius 3 is 2.79 bits per heavy atom. The highest BCUT2D eigenvalue weighted by atomic mass is 32.2. The maximum absolute atomic E-state index is 14.5. The molecule has 3 fully saturated rings. The van der Waals surface area contributed by atoms with Gasteiger partial charge < -0.3 is 19.5 Å². The second kappa shape index (κ2) is 8.55. The molecule has 0 spiro atoms. The predicted octanol–water partition coefficient (Wildman–Crippen LogP) is 4.76. The molecule has 176 valence electrons. The van der Waals surface area contributed by atoms with Crippen molar-refractivity contribution in [3.05, 3.63) is 30.3 Å². The van der Waals surface area contributed by atoms with E-state index in [1.807, 2.05) is 24.1 Å². The minimum Gasteiger partial charge on any atom is -0.489 e. The second-order valence-corrected chi connectivity index (χ2v) is 9.77. The first kappa shape index (κ1) is 22.1. The van der Waals surface area contributed by atoms with Crippen LogP contribution < -0.4 is 14.8 Å². The lowest BCUT2D eigenvalue weighted by Crippen LogP contribution is -2.47. The molecule has 1 aromatic heterocycles. The van der Waals surface area contributed by atoms with Crippen molar-refractivity contribution in [2.75, 3.05) is 18.7 Å². The van der Waals surface area contributed by atoms with E-state index in [2.05, 4.69) is 15.3 Å². The van der Waals surface area contributed by atoms with E-state index >= 15 is 0 Å². The summed E-state index contributed by atoms with van der Waals surface area (Å²) in [6.07, 6.45) is 7.39. The molecule has 1 aliphatic carbocycles. The van der Waals surface area contributed by atoms with E-state index in [9.17, 15) is 9.18 Å². The summed E-state index contributed by atoms with van der Waals surface area (Å²) in [5.74, 6) is 0.438. The zero-order chi connectivity index (χ0) is 23.2. The normalized spacial score (nSPS) is 25.8. The third-order valence-electron chi connectivity index (χ3n) is 6.59. The Balaban J connectivity index is 1.37. The zero-order valence-electron chi connectivity index (χ0n) is 18.8. The van der Waals surface area contributed by atoms with Crippen LogP contribution in [-0.4, -0.2) is 58.1 Å². The van der Waals surface area contributed by atoms with Crippen molar-refractivity contribution in [3.8, 4) is 11.6 Å². The predicted molar refractivity (Wildman–Crippen MR) is 122 cm³/mol. The standard InChI is InChI=1S/C23H27FN4O4S/c1-23(11-13-4-9-18(23)28(13)22(29)31-14-5-6-14)32-21-19(30-2)20(25-12-26-21)27-17-8-7-15(33-3)10-16(17)24/h7-8,10,12-14,18H,4-6,9,11H2,1-3H3,(H,25,26,27). The molecule has 8 nitrogen and oxygen atoms in total. The fraction of sp³-hybridized carbons (Fsp3) is 0.522. The number of nitrogens with zero attached hydrogens (tertiary/aromatic N) is 3. The number of rotatable bonds is 7. The van der Waals surface area contributed by atoms with Crippen LogP contribution in [0.15, 0.2) is 29.4 Å². The van der Waals surface area contributed by atoms with E-state index in [0.717, 1.165) is 30.6 Å². The van der Waals surface area contributed by atoms with Crippen LogP contribution in [0.1, 0.15) is 39.0 Å². The van der Waals surface area contributed by atoms with Crippen molar-refractivity contribution in [3.63, 3.8) is 0 Å². The SMILES string of the molecule is COc1c(Nc2ccc(SC)cc2F)ncnc1OC1(C)CC2CCC1N2C(=O)OC1CC1. The molecule has 3 unspecified atom stereocenters. The summed E-state index contributed by atoms with van der Waals surface area (Å²) in [5.41, 5.74) is -0.369. The number of nitrogens with one attached hydrogen (secondary N) is 1. The summed E-state index contributed by atoms with van der Waals surface area (Å²) in [7, 11) is 1.49. The molecule has 10 heteroatoms. The Bertz CT molecular complexity index is 1070. The summed E-state index contributed by atoms with van der Waals surface area (Å²) in [4.78, 5) is 23.9. The monoisotopic (exact) mass is 474 g/mol. The van der Waals surface area contributed by atoms with Crippen LogP contribution in [0, 0.1) is 5.82 Å². The molecule has 1 N–H and O–H groups in total. The molecule has 2 saturated heterocycles. The van der Waals surface area contributed by atoms with Gasteiger partial charge in [-0.1, -0.05) is 0 Å². The van der Waals surface area contributed by atoms with E-state index in [0.29, 0.717) is 12.2 Å². The molecule has 3 heterocycles. The van der Waals surface area contributed by atoms with Gasteiger partial charge in [-0.05, 0) is 57.1 Å². The average Bonchev–Trinajstić information content (AvgIpc) is 3.44. The fourth-order valence-corrected chi connectivity index (χ4v) is 5.26. The van der Waals surface area contributed by atoms with Gasteiger partial charge >= 0.3 is 6.09 Å². The molecular formula is C23H27FN4O4S. The number of anilines is 2. The number of aromatic nitrogens is 2. The zero-order valence-corrected chi connectivity index (χ0v) is 19.7. The summed E-state index contributed by atoms with van der Waals surface area (Å²) in [5, 5.41) is 2.99. The van der Waals surface area contributed by atoms with Gasteiger partial charge in [0.1, 0.15) is 23.8 Å². The van der Waals surface area contributed by atoms with Crippen LogP contribution in [0.3, 0.4) is 0 Å². The second-order valence-electron chi connectivity index (χ2n) is 8.89. The Kier molecular flexibility index (Phi) is 5.72. The van der Waals surface area contributed by atoms with E-state index < -0.39 is 11.4 Å². The first-order valence-electron chi connectivity index (χ1n) is 11.1. The maximum atomic E-state index is 14.5. The van der Waals surface area contributed by atoms with E-state index in [4.69, 9.17) is 14.2 Å². The number of halogens is 1. The van der Waals surface area contributed by atoms with Crippen LogP contribution in [0.4, 0.5) is 20.7 Å². The van der Waals surface area contributed by atoms with Crippen molar-refractivity contribution >= 4 is 29.4 Å². The third-order valence-corrected chi connectivity index (χ3v) is 7.31. The third kappa shape index (κ3) is 4.16. The van der Waals surface area contributed by atoms with Gasteiger partial charge in [-0.3, -0.25) is 4.90 Å². The molecule has 3 atom stereocenters. The van der Waals surface area contributed by atoms with Gasteiger partial charge in [0.05, 0.1) is 18.8 Å². The average molecular weight is 475 g/mol. The van der Waals surface area contributed by atoms with Crippen molar-refractivity contribution in [2.24, 2.45) is 0 Å². The number of hydrogen-bond acceptors (Lipinski definition) is 8. The van der Waals surface area contributed by atoms with Gasteiger partial charge in [-0.2, -0.15) is 4.98 Å². The van der Waals surface area contributed by atoms with Gasteiger partial charge in [0.15, 0.2) is 5.82 Å². The summed E-state index contributed by atoms with van der Waals surface area (Å²) >= 11 is 1.46. The minimum atomic E-state index is -0.643. The van der Waals surface area contributed by atoms with E-state index in [1.54, 1.807) is 6.07 Å². The quantitative estimate of drug-likeness (QED) is 0.575. The molecule has 1 aromatic carbocycles. The molecule has 1 saturated carbocycles. The van der Waals surface area contributed by atoms with E-state index in [1.165, 1.54) is 31.3 Å². The van der Waals surface area contributed by atoms with Crippen molar-refractivity contribution in [1.82, 2.24) is 14.9 Å². The van der Waals surface area contributed by atoms with Gasteiger partial charge in [-0.25, -0.2) is 14.2 Å². The van der Waals surface area contributed by atoms with Crippen LogP contribution in [0.5, 0.6) is 11.6 Å². The highest BCUT2D eigenvalue weighted by Gasteiger charge is 2.58. The highest BCUT2D eigenvalue weighted by molar-refractivity contribution is 7.98. The number of carbonyl (C=O) groups is 1. The summed E-state index contributed by atoms with van der Waals surface area (Å²) in [6.45, 7) is 1.99. The van der Waals surface area contributed by atoms with Crippen molar-refractivity contribution in [2.45, 2.75) is 67.7 Å². The molecule has 2 aliphatic heterocycles. The highest BCUT2D eigenvalue weighted by Crippen LogP contribution is 2.48. The first-order chi connectivity index (χ1) is 15.9. The topological polar surface area (TPSA) is 85.8 Å². The molecule has 5 rings (SSSR count). The summed E-state index contributed by atoms with van der Waals surface area (Å²) < 4.78 is 32.0. The lowest BCUT2D eigenvalue weighted by Gasteiger charge is -2.34. The number of thioether (sulfide) groups is 1. The molecule has 2 bridgehead atoms. The smallest absolute Gasteiger partial charge is 0.410 e. The van der Waals surface area contributed by atoms with Crippen LogP contribution in [0.2, 0.25) is 0 Å². The minimum absolute atomic E-state index is 0.0608. The number of fused-ring (bicyclic) bond motifs is 2. The number of benzene rings is 1. The first-order valence-corrected chi connectivity index (χ1v) is 12.3. The lowest BCUT2D eigenvalue weighted by atomic mass is 9.86. The van der Waals surface area contributed by atoms with Crippen LogP contribution in [0.25, 0.3) is 0 Å². The van der Waals surface area contributed by atoms with Gasteiger partial charge in [0.2, 0.25) is 5.75 Å². The maximum Gasteiger partial charge on any atom is 0.410 e. The fourth-order valence-electron chi connectivity index (χ4n) is 4.84. The number of hydrogen-bond donors (Lipinski definition) is 1. The largest absolute Gasteiger partial charge is 0.489 e. The number of methoxy groups -OCH3 is 1. The molecule has 3 aliphatic rings. The van der Waals surface area contributed by atoms with Crippen LogP contribution >= 0.6 is 11.8 Å². The molecule has 1 amide bonds.